The van der Waals surface area contributed by atoms with Gasteiger partial charge in [-0.1, -0.05) is 158 Å². The summed E-state index contributed by atoms with van der Waals surface area (Å²) in [7, 11) is 0. The van der Waals surface area contributed by atoms with E-state index in [4.69, 9.17) is 32.8 Å². The quantitative estimate of drug-likeness (QED) is 0.164. The SMILES string of the molecule is [C-]#[N+]c1ccc(-c2cccc(-c3nc(-c4cccc(-c5ccc([N+]#[C-])cc5)c4)nc(-c4ccc5c(c4)C4(c6ccccc6Oc6ccccc64)c4ccccc4-5)n3)c2)cc1. The summed E-state index contributed by atoms with van der Waals surface area (Å²) < 4.78 is 6.59. The Bertz CT molecular complexity index is 3100. The Morgan fingerprint density at radius 1 is 0.350 bits per heavy atom. The van der Waals surface area contributed by atoms with E-state index in [-0.39, 0.29) is 0 Å². The summed E-state index contributed by atoms with van der Waals surface area (Å²) in [5.74, 6) is 3.31. The molecule has 278 valence electrons. The van der Waals surface area contributed by atoms with Gasteiger partial charge in [0.2, 0.25) is 0 Å². The van der Waals surface area contributed by atoms with Crippen LogP contribution in [0, 0.1) is 13.1 Å². The Morgan fingerprint density at radius 3 is 1.28 bits per heavy atom. The van der Waals surface area contributed by atoms with Gasteiger partial charge in [-0.25, -0.2) is 24.6 Å². The number of hydrogen-bond donors (Lipinski definition) is 0. The predicted octanol–water partition coefficient (Wildman–Crippen LogP) is 13.8. The molecule has 9 aromatic rings. The zero-order chi connectivity index (χ0) is 40.2. The van der Waals surface area contributed by atoms with E-state index in [2.05, 4.69) is 113 Å². The highest BCUT2D eigenvalue weighted by Gasteiger charge is 2.51. The van der Waals surface area contributed by atoms with E-state index in [1.165, 1.54) is 11.1 Å². The largest absolute Gasteiger partial charge is 0.457 e. The van der Waals surface area contributed by atoms with Crippen LogP contribution >= 0.6 is 0 Å². The molecule has 0 saturated heterocycles. The Labute approximate surface area is 347 Å². The highest BCUT2D eigenvalue weighted by Crippen LogP contribution is 2.62. The molecule has 8 aromatic carbocycles. The molecular formula is C54H31N5O. The number of aromatic nitrogens is 3. The monoisotopic (exact) mass is 765 g/mol. The van der Waals surface area contributed by atoms with Crippen LogP contribution in [0.1, 0.15) is 22.3 Å². The van der Waals surface area contributed by atoms with Crippen molar-refractivity contribution in [2.24, 2.45) is 0 Å². The maximum Gasteiger partial charge on any atom is 0.187 e. The molecule has 6 heteroatoms. The summed E-state index contributed by atoms with van der Waals surface area (Å²) in [4.78, 5) is 22.8. The smallest absolute Gasteiger partial charge is 0.187 e. The molecule has 1 aliphatic carbocycles. The second kappa shape index (κ2) is 13.9. The van der Waals surface area contributed by atoms with Gasteiger partial charge in [-0.3, -0.25) is 0 Å². The van der Waals surface area contributed by atoms with Crippen LogP contribution in [0.2, 0.25) is 0 Å². The fourth-order valence-corrected chi connectivity index (χ4v) is 8.89. The Kier molecular flexibility index (Phi) is 8.05. The molecule has 2 aliphatic rings. The van der Waals surface area contributed by atoms with Crippen LogP contribution in [0.25, 0.3) is 77.2 Å². The molecule has 0 radical (unpaired) electrons. The molecule has 0 saturated carbocycles. The number of fused-ring (bicyclic) bond motifs is 9. The first-order valence-electron chi connectivity index (χ1n) is 19.6. The van der Waals surface area contributed by atoms with E-state index in [1.807, 2.05) is 84.9 Å². The normalized spacial score (nSPS) is 12.6. The van der Waals surface area contributed by atoms with Crippen LogP contribution < -0.4 is 4.74 Å². The standard InChI is InChI=1S/C54H31N5O/c1-55-41-26-21-34(22-27-41)36-11-9-13-38(31-36)51-57-52(39-14-10-12-37(32-39)35-23-28-42(56-2)29-24-35)59-53(58-51)40-25-30-44-43-15-3-4-16-45(43)54(48(44)33-40)46-17-5-7-19-49(46)60-50-20-8-6-18-47(50)54/h3-33H. The van der Waals surface area contributed by atoms with E-state index in [9.17, 15) is 0 Å². The molecule has 1 aliphatic heterocycles. The van der Waals surface area contributed by atoms with Gasteiger partial charge in [-0.2, -0.15) is 0 Å². The zero-order valence-electron chi connectivity index (χ0n) is 32.0. The van der Waals surface area contributed by atoms with Gasteiger partial charge < -0.3 is 4.74 Å². The number of rotatable bonds is 5. The lowest BCUT2D eigenvalue weighted by Gasteiger charge is -2.39. The fraction of sp³-hybridized carbons (Fsp3) is 0.0185. The molecule has 6 nitrogen and oxygen atoms in total. The van der Waals surface area contributed by atoms with Gasteiger partial charge in [-0.05, 0) is 74.8 Å². The molecule has 11 rings (SSSR count). The second-order valence-corrected chi connectivity index (χ2v) is 14.9. The van der Waals surface area contributed by atoms with Crippen LogP contribution in [0.4, 0.5) is 11.4 Å². The maximum atomic E-state index is 7.41. The van der Waals surface area contributed by atoms with Crippen LogP contribution in [0.3, 0.4) is 0 Å². The average molecular weight is 766 g/mol. The topological polar surface area (TPSA) is 56.6 Å². The third kappa shape index (κ3) is 5.51. The second-order valence-electron chi connectivity index (χ2n) is 14.9. The molecule has 0 N–H and O–H groups in total. The highest BCUT2D eigenvalue weighted by atomic mass is 16.5. The summed E-state index contributed by atoms with van der Waals surface area (Å²) in [6.07, 6.45) is 0. The molecule has 2 heterocycles. The van der Waals surface area contributed by atoms with Crippen molar-refractivity contribution in [3.63, 3.8) is 0 Å². The van der Waals surface area contributed by atoms with Crippen molar-refractivity contribution in [3.05, 3.63) is 233 Å². The average Bonchev–Trinajstić information content (AvgIpc) is 3.61. The summed E-state index contributed by atoms with van der Waals surface area (Å²) in [6.45, 7) is 14.8. The third-order valence-corrected chi connectivity index (χ3v) is 11.6. The van der Waals surface area contributed by atoms with Crippen molar-refractivity contribution in [2.45, 2.75) is 5.41 Å². The first-order valence-corrected chi connectivity index (χ1v) is 19.6. The molecule has 0 fully saturated rings. The van der Waals surface area contributed by atoms with Crippen molar-refractivity contribution in [1.29, 1.82) is 0 Å². The van der Waals surface area contributed by atoms with Crippen LogP contribution in [-0.2, 0) is 5.41 Å². The van der Waals surface area contributed by atoms with E-state index < -0.39 is 5.41 Å². The number of para-hydroxylation sites is 2. The number of nitrogens with zero attached hydrogens (tertiary/aromatic N) is 5. The minimum absolute atomic E-state index is 0.543. The lowest BCUT2D eigenvalue weighted by Crippen LogP contribution is -2.32. The third-order valence-electron chi connectivity index (χ3n) is 11.6. The highest BCUT2D eigenvalue weighted by molar-refractivity contribution is 5.90. The molecule has 1 aromatic heterocycles. The molecular weight excluding hydrogens is 735 g/mol. The minimum Gasteiger partial charge on any atom is -0.457 e. The van der Waals surface area contributed by atoms with Gasteiger partial charge in [-0.15, -0.1) is 0 Å². The van der Waals surface area contributed by atoms with Gasteiger partial charge in [0.15, 0.2) is 28.8 Å². The predicted molar refractivity (Wildman–Crippen MR) is 237 cm³/mol. The van der Waals surface area contributed by atoms with Crippen molar-refractivity contribution >= 4 is 11.4 Å². The maximum absolute atomic E-state index is 7.41. The van der Waals surface area contributed by atoms with Gasteiger partial charge in [0.25, 0.3) is 0 Å². The van der Waals surface area contributed by atoms with Crippen molar-refractivity contribution in [3.8, 4) is 79.0 Å². The molecule has 0 unspecified atom stereocenters. The van der Waals surface area contributed by atoms with Crippen LogP contribution in [0.15, 0.2) is 188 Å². The molecule has 60 heavy (non-hydrogen) atoms. The number of ether oxygens (including phenoxy) is 1. The fourth-order valence-electron chi connectivity index (χ4n) is 8.89. The van der Waals surface area contributed by atoms with Crippen LogP contribution in [-0.4, -0.2) is 15.0 Å². The molecule has 0 bridgehead atoms. The Balaban J connectivity index is 1.12. The van der Waals surface area contributed by atoms with Crippen molar-refractivity contribution in [2.75, 3.05) is 0 Å². The molecule has 0 atom stereocenters. The first-order chi connectivity index (χ1) is 29.6. The molecule has 1 spiro atoms. The Morgan fingerprint density at radius 2 is 0.767 bits per heavy atom. The summed E-state index contributed by atoms with van der Waals surface area (Å²) >= 11 is 0. The Hall–Kier alpha value is -8.45. The van der Waals surface area contributed by atoms with Gasteiger partial charge >= 0.3 is 0 Å². The minimum atomic E-state index is -0.639. The van der Waals surface area contributed by atoms with E-state index in [0.717, 1.165) is 72.7 Å². The van der Waals surface area contributed by atoms with Gasteiger partial charge in [0.1, 0.15) is 11.5 Å². The van der Waals surface area contributed by atoms with E-state index in [1.54, 1.807) is 0 Å². The summed E-state index contributed by atoms with van der Waals surface area (Å²) in [5.41, 5.74) is 13.9. The summed E-state index contributed by atoms with van der Waals surface area (Å²) in [6, 6.07) is 63.6. The van der Waals surface area contributed by atoms with E-state index >= 15 is 0 Å². The van der Waals surface area contributed by atoms with Crippen molar-refractivity contribution < 1.29 is 4.74 Å². The lowest BCUT2D eigenvalue weighted by molar-refractivity contribution is 0.436. The van der Waals surface area contributed by atoms with Crippen molar-refractivity contribution in [1.82, 2.24) is 15.0 Å². The van der Waals surface area contributed by atoms with E-state index in [0.29, 0.717) is 28.8 Å². The lowest BCUT2D eigenvalue weighted by atomic mass is 9.66. The first kappa shape index (κ1) is 34.8. The summed E-state index contributed by atoms with van der Waals surface area (Å²) in [5, 5.41) is 0. The number of benzene rings is 8. The van der Waals surface area contributed by atoms with Gasteiger partial charge in [0.05, 0.1) is 18.6 Å². The van der Waals surface area contributed by atoms with Crippen LogP contribution in [0.5, 0.6) is 11.5 Å². The molecule has 0 amide bonds. The zero-order valence-corrected chi connectivity index (χ0v) is 32.0. The van der Waals surface area contributed by atoms with Gasteiger partial charge in [0, 0.05) is 27.8 Å². The number of hydrogen-bond acceptors (Lipinski definition) is 4.